The van der Waals surface area contributed by atoms with Gasteiger partial charge in [-0.3, -0.25) is 0 Å². The second kappa shape index (κ2) is 3.44. The molecule has 2 atom stereocenters. The van der Waals surface area contributed by atoms with Crippen LogP contribution in [0, 0.1) is 0 Å². The number of amidine groups is 1. The number of hydrogen-bond donors (Lipinski definition) is 1. The van der Waals surface area contributed by atoms with Crippen LogP contribution in [0.4, 0.5) is 4.79 Å². The topological polar surface area (TPSA) is 47.9 Å². The molecule has 1 radical (unpaired) electrons. The first-order valence-electron chi connectivity index (χ1n) is 4.70. The number of nitrogens with zero attached hydrogens (tertiary/aromatic N) is 3. The fourth-order valence-electron chi connectivity index (χ4n) is 1.81. The summed E-state index contributed by atoms with van der Waals surface area (Å²) in [5.41, 5.74) is 0. The number of amides is 2. The Morgan fingerprint density at radius 3 is 3.00 bits per heavy atom. The summed E-state index contributed by atoms with van der Waals surface area (Å²) in [5.74, 6) is 0. The number of rotatable bonds is 2. The van der Waals surface area contributed by atoms with Gasteiger partial charge in [-0.15, -0.1) is 0 Å². The first-order chi connectivity index (χ1) is 6.65. The second-order valence-corrected chi connectivity index (χ2v) is 4.29. The van der Waals surface area contributed by atoms with Crippen molar-refractivity contribution in [3.05, 3.63) is 0 Å². The molecule has 1 fully saturated rings. The van der Waals surface area contributed by atoms with E-state index in [9.17, 15) is 4.79 Å². The minimum absolute atomic E-state index is 0.00491. The number of hydrogen-bond acceptors (Lipinski definition) is 3. The maximum atomic E-state index is 11.5. The van der Waals surface area contributed by atoms with E-state index in [1.807, 2.05) is 11.9 Å². The number of urea groups is 1. The minimum atomic E-state index is -0.0521. The maximum absolute atomic E-state index is 11.5. The van der Waals surface area contributed by atoms with Gasteiger partial charge in [-0.05, 0) is 0 Å². The Morgan fingerprint density at radius 1 is 1.64 bits per heavy atom. The van der Waals surface area contributed by atoms with Crippen molar-refractivity contribution in [2.24, 2.45) is 4.99 Å². The van der Waals surface area contributed by atoms with Gasteiger partial charge in [0, 0.05) is 0 Å². The van der Waals surface area contributed by atoms with E-state index in [-0.39, 0.29) is 18.4 Å². The SMILES string of the molecule is CCCN1C(=O)NC2C1N=C([Se])N2C. The Labute approximate surface area is 91.3 Å². The summed E-state index contributed by atoms with van der Waals surface area (Å²) in [6.07, 6.45) is 0.910. The second-order valence-electron chi connectivity index (χ2n) is 3.52. The molecule has 77 valence electrons. The molecule has 0 aromatic carbocycles. The molecule has 1 saturated heterocycles. The Hall–Kier alpha value is -0.741. The van der Waals surface area contributed by atoms with Crippen LogP contribution < -0.4 is 5.32 Å². The molecular weight excluding hydrogens is 247 g/mol. The van der Waals surface area contributed by atoms with Crippen molar-refractivity contribution in [1.82, 2.24) is 15.1 Å². The van der Waals surface area contributed by atoms with Gasteiger partial charge in [0.2, 0.25) is 0 Å². The zero-order valence-corrected chi connectivity index (χ0v) is 9.94. The van der Waals surface area contributed by atoms with E-state index < -0.39 is 0 Å². The zero-order chi connectivity index (χ0) is 10.3. The van der Waals surface area contributed by atoms with Gasteiger partial charge in [-0.1, -0.05) is 0 Å². The van der Waals surface area contributed by atoms with Crippen LogP contribution in [0.5, 0.6) is 0 Å². The first kappa shape index (κ1) is 9.80. The average Bonchev–Trinajstić information content (AvgIpc) is 2.57. The molecule has 14 heavy (non-hydrogen) atoms. The molecule has 0 bridgehead atoms. The van der Waals surface area contributed by atoms with E-state index in [0.29, 0.717) is 0 Å². The van der Waals surface area contributed by atoms with E-state index in [1.54, 1.807) is 4.90 Å². The quantitative estimate of drug-likeness (QED) is 0.683. The third-order valence-corrected chi connectivity index (χ3v) is 3.39. The van der Waals surface area contributed by atoms with Crippen LogP contribution in [0.25, 0.3) is 0 Å². The molecule has 2 unspecified atom stereocenters. The molecule has 6 heteroatoms. The average molecular weight is 260 g/mol. The summed E-state index contributed by atoms with van der Waals surface area (Å²) in [5, 5.41) is 2.91. The Morgan fingerprint density at radius 2 is 2.36 bits per heavy atom. The van der Waals surface area contributed by atoms with Crippen LogP contribution in [0.1, 0.15) is 13.3 Å². The van der Waals surface area contributed by atoms with E-state index in [1.165, 1.54) is 0 Å². The Bertz CT molecular complexity index is 293. The summed E-state index contributed by atoms with van der Waals surface area (Å²) in [7, 11) is 1.93. The van der Waals surface area contributed by atoms with Crippen LogP contribution in [-0.2, 0) is 0 Å². The molecule has 5 nitrogen and oxygen atoms in total. The predicted octanol–water partition coefficient (Wildman–Crippen LogP) is -0.456. The molecule has 0 aliphatic carbocycles. The molecule has 1 N–H and O–H groups in total. The number of likely N-dealkylation sites (N-methyl/N-ethyl adjacent to an activating group) is 1. The summed E-state index contributed by atoms with van der Waals surface area (Å²) < 4.78 is 0.862. The summed E-state index contributed by atoms with van der Waals surface area (Å²) >= 11 is 2.89. The van der Waals surface area contributed by atoms with E-state index in [4.69, 9.17) is 0 Å². The van der Waals surface area contributed by atoms with Gasteiger partial charge >= 0.3 is 90.9 Å². The molecule has 2 heterocycles. The van der Waals surface area contributed by atoms with Gasteiger partial charge in [0.05, 0.1) is 0 Å². The monoisotopic (exact) mass is 261 g/mol. The normalized spacial score (nSPS) is 30.4. The Kier molecular flexibility index (Phi) is 2.41. The van der Waals surface area contributed by atoms with E-state index in [0.717, 1.165) is 17.7 Å². The van der Waals surface area contributed by atoms with Gasteiger partial charge in [0.1, 0.15) is 0 Å². The van der Waals surface area contributed by atoms with Crippen molar-refractivity contribution >= 4 is 26.8 Å². The third kappa shape index (κ3) is 1.29. The molecule has 2 aliphatic rings. The fourth-order valence-corrected chi connectivity index (χ4v) is 2.27. The van der Waals surface area contributed by atoms with Crippen molar-refractivity contribution < 1.29 is 4.79 Å². The van der Waals surface area contributed by atoms with Crippen LogP contribution >= 0.6 is 0 Å². The van der Waals surface area contributed by atoms with Gasteiger partial charge in [0.25, 0.3) is 0 Å². The van der Waals surface area contributed by atoms with Gasteiger partial charge in [0.15, 0.2) is 0 Å². The summed E-state index contributed by atoms with van der Waals surface area (Å²) in [6, 6.07) is -0.00931. The molecule has 2 aliphatic heterocycles. The third-order valence-electron chi connectivity index (χ3n) is 2.56. The number of nitrogens with one attached hydrogen (secondary N) is 1. The first-order valence-corrected chi connectivity index (χ1v) is 5.55. The molecule has 0 aromatic heterocycles. The standard InChI is InChI=1S/C8H13N4OSe/c1-3-4-12-6-5(9-7(12)13)11(2)8(14)10-6/h5-6H,3-4H2,1-2H3,(H,9,13). The number of carbonyl (C=O) groups excluding carboxylic acids is 1. The summed E-state index contributed by atoms with van der Waals surface area (Å²) in [4.78, 5) is 19.7. The van der Waals surface area contributed by atoms with Gasteiger partial charge in [-0.2, -0.15) is 0 Å². The van der Waals surface area contributed by atoms with Gasteiger partial charge in [-0.25, -0.2) is 0 Å². The molecule has 0 spiro atoms. The number of carbonyl (C=O) groups is 1. The number of aliphatic imine (C=N–C) groups is 1. The van der Waals surface area contributed by atoms with Crippen molar-refractivity contribution in [1.29, 1.82) is 0 Å². The van der Waals surface area contributed by atoms with Crippen molar-refractivity contribution in [3.8, 4) is 0 Å². The van der Waals surface area contributed by atoms with E-state index in [2.05, 4.69) is 33.2 Å². The predicted molar refractivity (Wildman–Crippen MR) is 54.1 cm³/mol. The molecule has 0 saturated carbocycles. The Balaban J connectivity index is 2.19. The summed E-state index contributed by atoms with van der Waals surface area (Å²) in [6.45, 7) is 2.82. The molecule has 2 amide bonds. The van der Waals surface area contributed by atoms with Crippen LogP contribution in [-0.4, -0.2) is 62.5 Å². The molecular formula is C8H13N4OSe. The van der Waals surface area contributed by atoms with Crippen LogP contribution in [0.15, 0.2) is 4.99 Å². The molecule has 0 aromatic rings. The molecule has 2 rings (SSSR count). The zero-order valence-electron chi connectivity index (χ0n) is 8.23. The number of fused-ring (bicyclic) bond motifs is 1. The van der Waals surface area contributed by atoms with Crippen molar-refractivity contribution in [2.75, 3.05) is 13.6 Å². The van der Waals surface area contributed by atoms with Crippen molar-refractivity contribution in [2.45, 2.75) is 25.7 Å². The fraction of sp³-hybridized carbons (Fsp3) is 0.750. The van der Waals surface area contributed by atoms with Gasteiger partial charge < -0.3 is 0 Å². The van der Waals surface area contributed by atoms with Crippen LogP contribution in [0.2, 0.25) is 0 Å². The van der Waals surface area contributed by atoms with E-state index >= 15 is 0 Å². The van der Waals surface area contributed by atoms with Crippen molar-refractivity contribution in [3.63, 3.8) is 0 Å². The van der Waals surface area contributed by atoms with Crippen LogP contribution in [0.3, 0.4) is 0 Å².